The van der Waals surface area contributed by atoms with Crippen molar-refractivity contribution in [2.75, 3.05) is 11.9 Å². The molecule has 1 saturated heterocycles. The molecular weight excluding hydrogens is 554 g/mol. The zero-order chi connectivity index (χ0) is 27.5. The second-order valence-electron chi connectivity index (χ2n) is 11.3. The van der Waals surface area contributed by atoms with Crippen LogP contribution in [0.3, 0.4) is 0 Å². The van der Waals surface area contributed by atoms with E-state index in [4.69, 9.17) is 28.2 Å². The van der Waals surface area contributed by atoms with Gasteiger partial charge in [0, 0.05) is 59.0 Å². The highest BCUT2D eigenvalue weighted by Gasteiger charge is 2.69. The summed E-state index contributed by atoms with van der Waals surface area (Å²) in [6.45, 7) is 0.700. The summed E-state index contributed by atoms with van der Waals surface area (Å²) in [5, 5.41) is 13.1. The molecule has 1 saturated carbocycles. The van der Waals surface area contributed by atoms with E-state index in [1.165, 1.54) is 6.07 Å². The second-order valence-corrected chi connectivity index (χ2v) is 12.2. The minimum absolute atomic E-state index is 0.00102. The Labute approximate surface area is 238 Å². The third-order valence-corrected chi connectivity index (χ3v) is 9.78. The van der Waals surface area contributed by atoms with Crippen LogP contribution >= 0.6 is 23.2 Å². The number of benzene rings is 2. The molecule has 2 aromatic carbocycles. The smallest absolute Gasteiger partial charge is 0.335 e. The molecule has 1 spiro atoms. The van der Waals surface area contributed by atoms with Gasteiger partial charge in [0.2, 0.25) is 5.91 Å². The Bertz CT molecular complexity index is 1790. The molecule has 2 aliphatic heterocycles. The topological polar surface area (TPSA) is 86.9 Å². The lowest BCUT2D eigenvalue weighted by Crippen LogP contribution is -2.53. The third kappa shape index (κ3) is 3.12. The molecule has 4 aliphatic rings. The van der Waals surface area contributed by atoms with Crippen LogP contribution < -0.4 is 5.32 Å². The second kappa shape index (κ2) is 8.28. The number of rotatable bonds is 4. The van der Waals surface area contributed by atoms with Crippen molar-refractivity contribution in [3.8, 4) is 0 Å². The van der Waals surface area contributed by atoms with Gasteiger partial charge in [-0.2, -0.15) is 0 Å². The van der Waals surface area contributed by atoms with Crippen LogP contribution in [0.5, 0.6) is 0 Å². The predicted molar refractivity (Wildman–Crippen MR) is 148 cm³/mol. The van der Waals surface area contributed by atoms with Crippen molar-refractivity contribution in [2.45, 2.75) is 42.7 Å². The fraction of sp³-hybridized carbons (Fsp3) is 0.300. The molecule has 0 unspecified atom stereocenters. The number of nitrogens with zero attached hydrogens (tertiary/aromatic N) is 3. The number of fused-ring (bicyclic) bond motifs is 7. The van der Waals surface area contributed by atoms with Crippen LogP contribution in [0.4, 0.5) is 10.1 Å². The molecule has 4 atom stereocenters. The molecule has 0 bridgehead atoms. The standard InChI is InChI=1S/C30H23Cl2FN4O3/c31-16-6-7-18-20(11-16)34-29(40)30(18)25(17-2-1-3-19(32)26(17)33)24-21(37(30)13-14-4-5-14)12-22-27(24)35-23-10-15(28(38)39)8-9-36(22)23/h1-3,6-11,14,21,24-25H,4-5,12-13H2,(H,34,40)(H,38,39)/t21-,24+,25-,30+/m0/s1. The highest BCUT2D eigenvalue weighted by Crippen LogP contribution is 2.65. The molecule has 2 aromatic heterocycles. The van der Waals surface area contributed by atoms with Gasteiger partial charge in [-0.25, -0.2) is 14.2 Å². The van der Waals surface area contributed by atoms with Gasteiger partial charge in [0.25, 0.3) is 0 Å². The van der Waals surface area contributed by atoms with E-state index in [1.54, 1.807) is 42.6 Å². The van der Waals surface area contributed by atoms with E-state index < -0.39 is 23.2 Å². The predicted octanol–water partition coefficient (Wildman–Crippen LogP) is 5.84. The maximum Gasteiger partial charge on any atom is 0.335 e. The zero-order valence-corrected chi connectivity index (χ0v) is 22.6. The number of hydrogen-bond acceptors (Lipinski definition) is 4. The molecule has 7 nitrogen and oxygen atoms in total. The van der Waals surface area contributed by atoms with Crippen molar-refractivity contribution >= 4 is 46.4 Å². The van der Waals surface area contributed by atoms with Gasteiger partial charge in [-0.1, -0.05) is 41.4 Å². The van der Waals surface area contributed by atoms with Gasteiger partial charge < -0.3 is 14.8 Å². The molecule has 4 heterocycles. The third-order valence-electron chi connectivity index (χ3n) is 9.25. The van der Waals surface area contributed by atoms with Gasteiger partial charge in [-0.3, -0.25) is 9.69 Å². The highest BCUT2D eigenvalue weighted by molar-refractivity contribution is 6.31. The number of aromatic nitrogens is 2. The zero-order valence-electron chi connectivity index (χ0n) is 21.1. The number of halogens is 3. The summed E-state index contributed by atoms with van der Waals surface area (Å²) in [6.07, 6.45) is 4.50. The van der Waals surface area contributed by atoms with Crippen LogP contribution in [-0.2, 0) is 16.8 Å². The van der Waals surface area contributed by atoms with Crippen molar-refractivity contribution in [3.63, 3.8) is 0 Å². The molecule has 2 N–H and O–H groups in total. The number of nitrogens with one attached hydrogen (secondary N) is 1. The van der Waals surface area contributed by atoms with E-state index in [1.807, 2.05) is 10.5 Å². The quantitative estimate of drug-likeness (QED) is 0.318. The van der Waals surface area contributed by atoms with Crippen LogP contribution in [0.15, 0.2) is 54.7 Å². The number of hydrogen-bond donors (Lipinski definition) is 2. The summed E-state index contributed by atoms with van der Waals surface area (Å²) >= 11 is 12.7. The minimum Gasteiger partial charge on any atom is -0.478 e. The van der Waals surface area contributed by atoms with E-state index in [0.29, 0.717) is 40.8 Å². The first-order chi connectivity index (χ1) is 19.3. The first-order valence-electron chi connectivity index (χ1n) is 13.4. The van der Waals surface area contributed by atoms with Gasteiger partial charge in [-0.15, -0.1) is 0 Å². The molecule has 2 fully saturated rings. The average Bonchev–Trinajstić information content (AvgIpc) is 3.37. The Kier molecular flexibility index (Phi) is 5.04. The lowest BCUT2D eigenvalue weighted by Gasteiger charge is -2.40. The Balaban J connectivity index is 1.42. The summed E-state index contributed by atoms with van der Waals surface area (Å²) in [5.74, 6) is -2.29. The number of likely N-dealkylation sites (tertiary alicyclic amines) is 1. The molecule has 202 valence electrons. The van der Waals surface area contributed by atoms with Gasteiger partial charge in [-0.05, 0) is 54.7 Å². The molecule has 0 radical (unpaired) electrons. The number of amides is 1. The summed E-state index contributed by atoms with van der Waals surface area (Å²) in [5.41, 5.74) is 2.98. The van der Waals surface area contributed by atoms with Crippen molar-refractivity contribution < 1.29 is 19.1 Å². The van der Waals surface area contributed by atoms with Crippen LogP contribution in [0.25, 0.3) is 5.65 Å². The summed E-state index contributed by atoms with van der Waals surface area (Å²) in [6, 6.07) is 13.4. The number of carboxylic acid groups (broad SMARTS) is 1. The first kappa shape index (κ1) is 24.3. The van der Waals surface area contributed by atoms with Gasteiger partial charge >= 0.3 is 5.97 Å². The summed E-state index contributed by atoms with van der Waals surface area (Å²) in [7, 11) is 0. The number of carboxylic acids is 1. The van der Waals surface area contributed by atoms with Crippen LogP contribution in [-0.4, -0.2) is 43.9 Å². The molecule has 1 amide bonds. The van der Waals surface area contributed by atoms with Crippen molar-refractivity contribution in [1.82, 2.24) is 14.3 Å². The van der Waals surface area contributed by atoms with E-state index >= 15 is 4.39 Å². The lowest BCUT2D eigenvalue weighted by molar-refractivity contribution is -0.128. The molecule has 40 heavy (non-hydrogen) atoms. The SMILES string of the molecule is O=C(O)c1ccn2c3c(nc2c1)[C@@H]1[C@H](C3)N(CC2CC2)[C@@]2(C(=O)Nc3cc(Cl)ccc32)[C@H]1c1cccc(Cl)c1F. The van der Waals surface area contributed by atoms with Crippen molar-refractivity contribution in [1.29, 1.82) is 0 Å². The number of aromatic carboxylic acids is 1. The minimum atomic E-state index is -1.19. The number of pyridine rings is 1. The van der Waals surface area contributed by atoms with Gasteiger partial charge in [0.1, 0.15) is 17.0 Å². The molecule has 8 rings (SSSR count). The van der Waals surface area contributed by atoms with E-state index in [-0.39, 0.29) is 28.5 Å². The monoisotopic (exact) mass is 576 g/mol. The fourth-order valence-corrected chi connectivity index (χ4v) is 7.89. The summed E-state index contributed by atoms with van der Waals surface area (Å²) < 4.78 is 18.0. The first-order valence-corrected chi connectivity index (χ1v) is 14.1. The summed E-state index contributed by atoms with van der Waals surface area (Å²) in [4.78, 5) is 33.3. The van der Waals surface area contributed by atoms with E-state index in [0.717, 1.165) is 29.8 Å². The largest absolute Gasteiger partial charge is 0.478 e. The van der Waals surface area contributed by atoms with Crippen LogP contribution in [0.2, 0.25) is 10.0 Å². The fourth-order valence-electron chi connectivity index (χ4n) is 7.53. The number of imidazole rings is 1. The van der Waals surface area contributed by atoms with Crippen molar-refractivity contribution in [3.05, 3.63) is 98.7 Å². The van der Waals surface area contributed by atoms with Gasteiger partial charge in [0.05, 0.1) is 16.3 Å². The van der Waals surface area contributed by atoms with E-state index in [9.17, 15) is 14.7 Å². The normalized spacial score (nSPS) is 26.8. The highest BCUT2D eigenvalue weighted by atomic mass is 35.5. The maximum absolute atomic E-state index is 16.0. The van der Waals surface area contributed by atoms with Crippen LogP contribution in [0, 0.1) is 11.7 Å². The Morgan fingerprint density at radius 3 is 2.77 bits per heavy atom. The average molecular weight is 577 g/mol. The molecule has 4 aromatic rings. The number of carbonyl (C=O) groups excluding carboxylic acids is 1. The number of carbonyl (C=O) groups is 2. The Hall–Kier alpha value is -3.46. The maximum atomic E-state index is 16.0. The van der Waals surface area contributed by atoms with Gasteiger partial charge in [0.15, 0.2) is 0 Å². The Morgan fingerprint density at radius 2 is 2.00 bits per heavy atom. The van der Waals surface area contributed by atoms with E-state index in [2.05, 4.69) is 10.2 Å². The van der Waals surface area contributed by atoms with Crippen LogP contribution in [0.1, 0.15) is 57.6 Å². The number of anilines is 1. The molecule has 10 heteroatoms. The Morgan fingerprint density at radius 1 is 1.18 bits per heavy atom. The lowest BCUT2D eigenvalue weighted by atomic mass is 9.71. The molecule has 2 aliphatic carbocycles. The van der Waals surface area contributed by atoms with Crippen molar-refractivity contribution in [2.24, 2.45) is 5.92 Å². The molecular formula is C30H23Cl2FN4O3.